The first-order chi connectivity index (χ1) is 19.0. The van der Waals surface area contributed by atoms with E-state index in [4.69, 9.17) is 19.0 Å². The Balaban J connectivity index is 1.14. The summed E-state index contributed by atoms with van der Waals surface area (Å²) in [6, 6.07) is 9.87. The number of hydrogen-bond donors (Lipinski definition) is 1. The van der Waals surface area contributed by atoms with Gasteiger partial charge in [0, 0.05) is 23.9 Å². The number of carboxylic acids is 1. The Kier molecular flexibility index (Phi) is 5.80. The molecule has 2 bridgehead atoms. The van der Waals surface area contributed by atoms with Crippen LogP contribution in [0.1, 0.15) is 59.7 Å². The molecular weight excluding hydrogens is 521 g/mol. The van der Waals surface area contributed by atoms with E-state index in [9.17, 15) is 14.3 Å². The molecule has 1 N–H and O–H groups in total. The number of ether oxygens (including phenoxy) is 2. The van der Waals surface area contributed by atoms with Crippen molar-refractivity contribution in [3.63, 3.8) is 0 Å². The first kappa shape index (κ1) is 24.1. The minimum atomic E-state index is -0.992. The van der Waals surface area contributed by atoms with Crippen molar-refractivity contribution in [1.29, 1.82) is 0 Å². The van der Waals surface area contributed by atoms with Gasteiger partial charge >= 0.3 is 5.97 Å². The molecule has 39 heavy (non-hydrogen) atoms. The van der Waals surface area contributed by atoms with Crippen LogP contribution in [0.4, 0.5) is 9.52 Å². The summed E-state index contributed by atoms with van der Waals surface area (Å²) >= 11 is 1.49. The van der Waals surface area contributed by atoms with Gasteiger partial charge in [0.15, 0.2) is 5.13 Å². The average Bonchev–Trinajstić information content (AvgIpc) is 3.45. The van der Waals surface area contributed by atoms with Crippen molar-refractivity contribution in [3.8, 4) is 17.0 Å². The molecule has 10 heteroatoms. The van der Waals surface area contributed by atoms with Crippen molar-refractivity contribution in [3.05, 3.63) is 70.9 Å². The number of rotatable bonds is 8. The van der Waals surface area contributed by atoms with Crippen LogP contribution < -0.4 is 9.64 Å². The van der Waals surface area contributed by atoms with Gasteiger partial charge in [-0.05, 0) is 68.2 Å². The van der Waals surface area contributed by atoms with Crippen LogP contribution in [0.2, 0.25) is 0 Å². The van der Waals surface area contributed by atoms with Gasteiger partial charge in [0.1, 0.15) is 35.1 Å². The van der Waals surface area contributed by atoms with E-state index in [2.05, 4.69) is 16.1 Å². The van der Waals surface area contributed by atoms with Crippen LogP contribution in [0.5, 0.6) is 5.75 Å². The minimum absolute atomic E-state index is 0.145. The van der Waals surface area contributed by atoms with Crippen LogP contribution in [0.3, 0.4) is 0 Å². The number of anilines is 1. The monoisotopic (exact) mass is 547 g/mol. The SMILES string of the molecule is COc1cc(C(=O)O)cc2sc(N3C4C=C(OCc5c(-c6ccc(F)cc6)noc5C5CC5)C[C@@H]3CC4)nc12. The van der Waals surface area contributed by atoms with E-state index < -0.39 is 5.97 Å². The number of fused-ring (bicyclic) bond motifs is 3. The maximum atomic E-state index is 13.5. The van der Waals surface area contributed by atoms with Gasteiger partial charge in [-0.3, -0.25) is 0 Å². The number of thiazole rings is 1. The third-order valence-electron chi connectivity index (χ3n) is 7.78. The summed E-state index contributed by atoms with van der Waals surface area (Å²) in [7, 11) is 1.53. The second-order valence-corrected chi connectivity index (χ2v) is 11.3. The molecule has 200 valence electrons. The van der Waals surface area contributed by atoms with Gasteiger partial charge in [0.2, 0.25) is 0 Å². The van der Waals surface area contributed by atoms with Crippen molar-refractivity contribution >= 4 is 32.7 Å². The fraction of sp³-hybridized carbons (Fsp3) is 0.345. The molecule has 1 saturated heterocycles. The lowest BCUT2D eigenvalue weighted by molar-refractivity contribution is 0.0696. The van der Waals surface area contributed by atoms with Crippen molar-refractivity contribution in [2.45, 2.75) is 56.7 Å². The van der Waals surface area contributed by atoms with E-state index >= 15 is 0 Å². The molecule has 2 aromatic heterocycles. The zero-order chi connectivity index (χ0) is 26.7. The molecule has 3 aliphatic rings. The Hall–Kier alpha value is -3.92. The average molecular weight is 548 g/mol. The summed E-state index contributed by atoms with van der Waals surface area (Å²) in [6.45, 7) is 0.351. The van der Waals surface area contributed by atoms with Crippen molar-refractivity contribution in [1.82, 2.24) is 10.1 Å². The van der Waals surface area contributed by atoms with Gasteiger partial charge in [0.25, 0.3) is 0 Å². The van der Waals surface area contributed by atoms with Gasteiger partial charge in [-0.25, -0.2) is 14.2 Å². The maximum absolute atomic E-state index is 13.5. The standard InChI is InChI=1S/C29H26FN3O5S/c1-36-23-10-17(28(34)35)11-24-26(23)31-29(39-24)33-19-8-9-20(33)13-21(12-19)37-14-22-25(15-4-6-18(30)7-5-15)32-38-27(22)16-2-3-16/h4-7,10-12,16,19-20H,2-3,8-9,13-14H2,1H3,(H,34,35)/t19?,20-/m0/s1. The number of halogens is 1. The van der Waals surface area contributed by atoms with Gasteiger partial charge in [-0.15, -0.1) is 0 Å². The van der Waals surface area contributed by atoms with E-state index in [1.165, 1.54) is 36.6 Å². The number of benzene rings is 2. The van der Waals surface area contributed by atoms with Crippen molar-refractivity contribution in [2.75, 3.05) is 12.0 Å². The number of carboxylic acid groups (broad SMARTS) is 1. The van der Waals surface area contributed by atoms with Crippen molar-refractivity contribution < 1.29 is 28.3 Å². The molecule has 8 nitrogen and oxygen atoms in total. The van der Waals surface area contributed by atoms with Crippen LogP contribution >= 0.6 is 11.3 Å². The molecule has 1 saturated carbocycles. The lowest BCUT2D eigenvalue weighted by atomic mass is 10.0. The van der Waals surface area contributed by atoms with Gasteiger partial charge in [-0.1, -0.05) is 16.5 Å². The van der Waals surface area contributed by atoms with E-state index in [1.807, 2.05) is 0 Å². The highest BCUT2D eigenvalue weighted by molar-refractivity contribution is 7.22. The molecule has 1 aliphatic carbocycles. The maximum Gasteiger partial charge on any atom is 0.335 e. The second-order valence-electron chi connectivity index (χ2n) is 10.3. The largest absolute Gasteiger partial charge is 0.494 e. The highest BCUT2D eigenvalue weighted by Crippen LogP contribution is 2.46. The Morgan fingerprint density at radius 3 is 2.74 bits per heavy atom. The molecule has 2 aliphatic heterocycles. The van der Waals surface area contributed by atoms with Crippen molar-refractivity contribution in [2.24, 2.45) is 0 Å². The fourth-order valence-electron chi connectivity index (χ4n) is 5.70. The summed E-state index contributed by atoms with van der Waals surface area (Å²) in [5, 5.41) is 14.7. The van der Waals surface area contributed by atoms with Crippen LogP contribution in [-0.4, -0.2) is 40.4 Å². The molecule has 4 aromatic rings. The summed E-state index contributed by atoms with van der Waals surface area (Å²) in [4.78, 5) is 18.8. The molecule has 2 atom stereocenters. The quantitative estimate of drug-likeness (QED) is 0.266. The molecular formula is C29H26FN3O5S. The van der Waals surface area contributed by atoms with Gasteiger partial charge in [0.05, 0.1) is 34.7 Å². The van der Waals surface area contributed by atoms with Gasteiger partial charge < -0.3 is 24.0 Å². The molecule has 4 heterocycles. The Morgan fingerprint density at radius 2 is 2.03 bits per heavy atom. The van der Waals surface area contributed by atoms with E-state index in [0.29, 0.717) is 29.5 Å². The number of aromatic carboxylic acids is 1. The molecule has 7 rings (SSSR count). The third-order valence-corrected chi connectivity index (χ3v) is 8.80. The second kappa shape index (κ2) is 9.37. The third kappa shape index (κ3) is 4.32. The molecule has 0 amide bonds. The Morgan fingerprint density at radius 1 is 1.21 bits per heavy atom. The molecule has 2 aromatic carbocycles. The van der Waals surface area contributed by atoms with E-state index in [-0.39, 0.29) is 23.5 Å². The number of aromatic nitrogens is 2. The first-order valence-corrected chi connectivity index (χ1v) is 13.9. The topological polar surface area (TPSA) is 97.9 Å². The highest BCUT2D eigenvalue weighted by Gasteiger charge is 2.40. The van der Waals surface area contributed by atoms with Gasteiger partial charge in [-0.2, -0.15) is 0 Å². The number of nitrogens with zero attached hydrogens (tertiary/aromatic N) is 3. The summed E-state index contributed by atoms with van der Waals surface area (Å²) < 4.78 is 31.9. The normalized spacial score (nSPS) is 20.4. The fourth-order valence-corrected chi connectivity index (χ4v) is 6.85. The van der Waals surface area contributed by atoms with Crippen LogP contribution in [0.15, 0.2) is 52.8 Å². The zero-order valence-corrected chi connectivity index (χ0v) is 22.0. The molecule has 0 radical (unpaired) electrons. The molecule has 0 spiro atoms. The predicted molar refractivity (Wildman–Crippen MR) is 144 cm³/mol. The summed E-state index contributed by atoms with van der Waals surface area (Å²) in [6.07, 6.45) is 7.09. The van der Waals surface area contributed by atoms with Crippen LogP contribution in [0, 0.1) is 5.82 Å². The van der Waals surface area contributed by atoms with E-state index in [0.717, 1.165) is 64.6 Å². The number of carbonyl (C=O) groups is 1. The zero-order valence-electron chi connectivity index (χ0n) is 21.2. The van der Waals surface area contributed by atoms with E-state index in [1.54, 1.807) is 18.2 Å². The number of methoxy groups -OCH3 is 1. The molecule has 2 fully saturated rings. The minimum Gasteiger partial charge on any atom is -0.494 e. The Labute approximate surface area is 227 Å². The lowest BCUT2D eigenvalue weighted by Gasteiger charge is -2.33. The van der Waals surface area contributed by atoms with Crippen LogP contribution in [0.25, 0.3) is 21.5 Å². The first-order valence-electron chi connectivity index (χ1n) is 13.1. The highest BCUT2D eigenvalue weighted by atomic mass is 32.1. The lowest BCUT2D eigenvalue weighted by Crippen LogP contribution is -2.38. The Bertz CT molecular complexity index is 1610. The smallest absolute Gasteiger partial charge is 0.335 e. The summed E-state index contributed by atoms with van der Waals surface area (Å²) in [5.74, 6) is 1.37. The predicted octanol–water partition coefficient (Wildman–Crippen LogP) is 6.52. The molecule has 1 unspecified atom stereocenters. The number of hydrogen-bond acceptors (Lipinski definition) is 8. The summed E-state index contributed by atoms with van der Waals surface area (Å²) in [5.41, 5.74) is 3.33. The van der Waals surface area contributed by atoms with Crippen LogP contribution in [-0.2, 0) is 11.3 Å².